The molecule has 2 unspecified atom stereocenters. The molecule has 0 spiro atoms. The fourth-order valence-electron chi connectivity index (χ4n) is 1.75. The largest absolute Gasteiger partial charge is 0.481 e. The molecule has 5 heteroatoms. The molecule has 2 atom stereocenters. The normalized spacial score (nSPS) is 16.1. The molecule has 5 nitrogen and oxygen atoms in total. The maximum atomic E-state index is 12.2. The van der Waals surface area contributed by atoms with Gasteiger partial charge in [-0.1, -0.05) is 20.3 Å². The highest BCUT2D eigenvalue weighted by Crippen LogP contribution is 2.14. The second-order valence-corrected chi connectivity index (χ2v) is 4.75. The lowest BCUT2D eigenvalue weighted by Gasteiger charge is -2.31. The van der Waals surface area contributed by atoms with Crippen molar-refractivity contribution >= 4 is 11.9 Å². The third kappa shape index (κ3) is 4.73. The van der Waals surface area contributed by atoms with Gasteiger partial charge in [0.1, 0.15) is 0 Å². The van der Waals surface area contributed by atoms with Crippen LogP contribution in [0.25, 0.3) is 0 Å². The van der Waals surface area contributed by atoms with Gasteiger partial charge in [-0.05, 0) is 20.3 Å². The van der Waals surface area contributed by atoms with Crippen LogP contribution in [-0.2, 0) is 9.59 Å². The summed E-state index contributed by atoms with van der Waals surface area (Å²) >= 11 is 0. The number of amides is 1. The third-order valence-electron chi connectivity index (χ3n) is 2.84. The van der Waals surface area contributed by atoms with Gasteiger partial charge in [0.05, 0.1) is 11.5 Å². The van der Waals surface area contributed by atoms with Crippen LogP contribution in [0.2, 0.25) is 0 Å². The van der Waals surface area contributed by atoms with Crippen LogP contribution in [0, 0.1) is 5.92 Å². The molecule has 0 saturated heterocycles. The van der Waals surface area contributed by atoms with Crippen molar-refractivity contribution in [3.8, 4) is 0 Å². The summed E-state index contributed by atoms with van der Waals surface area (Å²) in [6.07, 6.45) is 1.43. The van der Waals surface area contributed by atoms with Crippen molar-refractivity contribution < 1.29 is 14.7 Å². The van der Waals surface area contributed by atoms with Crippen LogP contribution in [0.5, 0.6) is 0 Å². The average Bonchev–Trinajstić information content (AvgIpc) is 2.24. The third-order valence-corrected chi connectivity index (χ3v) is 2.84. The molecule has 0 bridgehead atoms. The number of carbonyl (C=O) groups excluding carboxylic acids is 1. The van der Waals surface area contributed by atoms with E-state index < -0.39 is 17.4 Å². The Balaban J connectivity index is 4.66. The predicted octanol–water partition coefficient (Wildman–Crippen LogP) is 1.07. The number of carbonyl (C=O) groups is 2. The van der Waals surface area contributed by atoms with Crippen molar-refractivity contribution in [2.75, 3.05) is 13.1 Å². The van der Waals surface area contributed by atoms with Gasteiger partial charge in [0.2, 0.25) is 5.91 Å². The maximum absolute atomic E-state index is 12.2. The zero-order valence-electron chi connectivity index (χ0n) is 11.2. The highest BCUT2D eigenvalue weighted by molar-refractivity contribution is 5.86. The Morgan fingerprint density at radius 3 is 2.29 bits per heavy atom. The van der Waals surface area contributed by atoms with E-state index in [1.54, 1.807) is 13.8 Å². The second kappa shape index (κ2) is 6.59. The first-order valence-corrected chi connectivity index (χ1v) is 6.07. The molecule has 0 aliphatic heterocycles. The monoisotopic (exact) mass is 244 g/mol. The van der Waals surface area contributed by atoms with Crippen LogP contribution < -0.4 is 5.73 Å². The Kier molecular flexibility index (Phi) is 6.16. The number of carboxylic acid groups (broad SMARTS) is 1. The molecule has 1 amide bonds. The smallest absolute Gasteiger partial charge is 0.308 e. The summed E-state index contributed by atoms with van der Waals surface area (Å²) in [6.45, 7) is 7.77. The number of carboxylic acids is 1. The van der Waals surface area contributed by atoms with Gasteiger partial charge >= 0.3 is 5.97 Å². The molecule has 0 rings (SSSR count). The van der Waals surface area contributed by atoms with Crippen molar-refractivity contribution in [2.24, 2.45) is 11.7 Å². The van der Waals surface area contributed by atoms with Crippen LogP contribution in [0.1, 0.15) is 40.5 Å². The molecule has 17 heavy (non-hydrogen) atoms. The minimum absolute atomic E-state index is 0.171. The van der Waals surface area contributed by atoms with Gasteiger partial charge in [0, 0.05) is 13.1 Å². The highest BCUT2D eigenvalue weighted by atomic mass is 16.4. The van der Waals surface area contributed by atoms with Gasteiger partial charge in [-0.2, -0.15) is 0 Å². The van der Waals surface area contributed by atoms with E-state index >= 15 is 0 Å². The number of rotatable bonds is 7. The standard InChI is InChI=1S/C12H24N2O3/c1-5-7-12(4,13)11(17)14(6-2)8-9(3)10(15)16/h9H,5-8,13H2,1-4H3,(H,15,16). The first-order valence-electron chi connectivity index (χ1n) is 6.07. The Morgan fingerprint density at radius 1 is 1.41 bits per heavy atom. The molecule has 0 saturated carbocycles. The first-order chi connectivity index (χ1) is 7.76. The minimum Gasteiger partial charge on any atom is -0.481 e. The second-order valence-electron chi connectivity index (χ2n) is 4.75. The molecule has 3 N–H and O–H groups in total. The lowest BCUT2D eigenvalue weighted by Crippen LogP contribution is -2.54. The van der Waals surface area contributed by atoms with E-state index in [1.165, 1.54) is 4.90 Å². The van der Waals surface area contributed by atoms with Gasteiger partial charge in [0.25, 0.3) is 0 Å². The molecule has 0 aromatic heterocycles. The Bertz CT molecular complexity index is 277. The average molecular weight is 244 g/mol. The number of likely N-dealkylation sites (N-methyl/N-ethyl adjacent to an activating group) is 1. The van der Waals surface area contributed by atoms with Gasteiger partial charge in [-0.25, -0.2) is 0 Å². The quantitative estimate of drug-likeness (QED) is 0.701. The van der Waals surface area contributed by atoms with Gasteiger partial charge in [0.15, 0.2) is 0 Å². The van der Waals surface area contributed by atoms with Crippen LogP contribution >= 0.6 is 0 Å². The van der Waals surface area contributed by atoms with E-state index in [-0.39, 0.29) is 12.5 Å². The number of nitrogens with zero attached hydrogens (tertiary/aromatic N) is 1. The van der Waals surface area contributed by atoms with Crippen LogP contribution in [-0.4, -0.2) is 40.5 Å². The Morgan fingerprint density at radius 2 is 1.94 bits per heavy atom. The van der Waals surface area contributed by atoms with Crippen molar-refractivity contribution in [2.45, 2.75) is 46.1 Å². The van der Waals surface area contributed by atoms with E-state index in [0.717, 1.165) is 6.42 Å². The molecule has 0 aromatic rings. The molecular weight excluding hydrogens is 220 g/mol. The maximum Gasteiger partial charge on any atom is 0.308 e. The number of nitrogens with two attached hydrogens (primary N) is 1. The minimum atomic E-state index is -0.900. The summed E-state index contributed by atoms with van der Waals surface area (Å²) in [7, 11) is 0. The summed E-state index contributed by atoms with van der Waals surface area (Å²) in [5, 5.41) is 8.85. The summed E-state index contributed by atoms with van der Waals surface area (Å²) in [5.74, 6) is -1.64. The lowest BCUT2D eigenvalue weighted by molar-refractivity contribution is -0.144. The first kappa shape index (κ1) is 15.9. The lowest BCUT2D eigenvalue weighted by atomic mass is 9.95. The SMILES string of the molecule is CCCC(C)(N)C(=O)N(CC)CC(C)C(=O)O. The summed E-state index contributed by atoms with van der Waals surface area (Å²) in [4.78, 5) is 24.5. The van der Waals surface area contributed by atoms with Crippen LogP contribution in [0.4, 0.5) is 0 Å². The van der Waals surface area contributed by atoms with Crippen molar-refractivity contribution in [1.82, 2.24) is 4.90 Å². The van der Waals surface area contributed by atoms with Crippen molar-refractivity contribution in [3.63, 3.8) is 0 Å². The fourth-order valence-corrected chi connectivity index (χ4v) is 1.75. The molecule has 0 aliphatic carbocycles. The van der Waals surface area contributed by atoms with E-state index in [9.17, 15) is 9.59 Å². The summed E-state index contributed by atoms with van der Waals surface area (Å²) < 4.78 is 0. The topological polar surface area (TPSA) is 83.6 Å². The highest BCUT2D eigenvalue weighted by Gasteiger charge is 2.32. The van der Waals surface area contributed by atoms with Gasteiger partial charge in [-0.15, -0.1) is 0 Å². The zero-order valence-corrected chi connectivity index (χ0v) is 11.2. The van der Waals surface area contributed by atoms with Crippen LogP contribution in [0.15, 0.2) is 0 Å². The van der Waals surface area contributed by atoms with Gasteiger partial charge < -0.3 is 15.7 Å². The molecule has 0 fully saturated rings. The molecule has 0 radical (unpaired) electrons. The molecule has 100 valence electrons. The fraction of sp³-hybridized carbons (Fsp3) is 0.833. The molecule has 0 aromatic carbocycles. The summed E-state index contributed by atoms with van der Waals surface area (Å²) in [6, 6.07) is 0. The zero-order chi connectivity index (χ0) is 13.6. The van der Waals surface area contributed by atoms with Crippen molar-refractivity contribution in [1.29, 1.82) is 0 Å². The predicted molar refractivity (Wildman–Crippen MR) is 66.6 cm³/mol. The van der Waals surface area contributed by atoms with E-state index in [4.69, 9.17) is 10.8 Å². The van der Waals surface area contributed by atoms with E-state index in [0.29, 0.717) is 13.0 Å². The van der Waals surface area contributed by atoms with Crippen molar-refractivity contribution in [3.05, 3.63) is 0 Å². The molecular formula is C12H24N2O3. The summed E-state index contributed by atoms with van der Waals surface area (Å²) in [5.41, 5.74) is 5.06. The van der Waals surface area contributed by atoms with Gasteiger partial charge in [-0.3, -0.25) is 9.59 Å². The Labute approximate surface area is 103 Å². The number of hydrogen-bond donors (Lipinski definition) is 2. The van der Waals surface area contributed by atoms with E-state index in [1.807, 2.05) is 13.8 Å². The number of aliphatic carboxylic acids is 1. The van der Waals surface area contributed by atoms with Crippen LogP contribution in [0.3, 0.4) is 0 Å². The Hall–Kier alpha value is -1.10. The number of hydrogen-bond acceptors (Lipinski definition) is 3. The molecule has 0 aliphatic rings. The molecule has 0 heterocycles. The van der Waals surface area contributed by atoms with E-state index in [2.05, 4.69) is 0 Å².